The minimum atomic E-state index is -1.02. The Morgan fingerprint density at radius 3 is 2.45 bits per heavy atom. The fraction of sp³-hybridized carbons (Fsp3) is 0.531. The Hall–Kier alpha value is -5.38. The molecule has 0 radical (unpaired) electrons. The third-order valence-corrected chi connectivity index (χ3v) is 14.0. The number of nitrogens with one attached hydrogen (secondary N) is 4. The molecule has 0 bridgehead atoms. The highest BCUT2D eigenvalue weighted by Crippen LogP contribution is 2.35. The van der Waals surface area contributed by atoms with Crippen LogP contribution in [0.2, 0.25) is 0 Å². The van der Waals surface area contributed by atoms with E-state index in [1.165, 1.54) is 0 Å². The number of fused-ring (bicyclic) bond motifs is 1. The normalized spacial score (nSPS) is 18.4. The molecule has 20 heteroatoms. The number of oxazole rings is 1. The van der Waals surface area contributed by atoms with Crippen molar-refractivity contribution in [1.82, 2.24) is 25.1 Å². The van der Waals surface area contributed by atoms with Crippen molar-refractivity contribution in [3.05, 3.63) is 77.6 Å². The first kappa shape index (κ1) is 51.5. The first-order valence-electron chi connectivity index (χ1n) is 23.7. The highest BCUT2D eigenvalue weighted by Gasteiger charge is 2.45. The SMILES string of the molecule is CN(CCCC(=O)Nc1ccc(OC2CCCC(Nc3ncc(SCc4ncc(C(C)(C)C)o4)s3)C2)cc1)CCOCCOCCOCCNc1cccc2c1C(=O)N(C1CCC(=O)NC1=O)C2=O. The van der Waals surface area contributed by atoms with E-state index in [2.05, 4.69) is 56.9 Å². The molecule has 4 N–H and O–H groups in total. The van der Waals surface area contributed by atoms with Crippen LogP contribution in [0, 0.1) is 0 Å². The van der Waals surface area contributed by atoms with Gasteiger partial charge >= 0.3 is 0 Å². The predicted octanol–water partition coefficient (Wildman–Crippen LogP) is 6.74. The Bertz CT molecular complexity index is 2370. The maximum absolute atomic E-state index is 13.2. The number of nitrogens with zero attached hydrogens (tertiary/aromatic N) is 4. The van der Waals surface area contributed by atoms with Crippen molar-refractivity contribution < 1.29 is 47.3 Å². The zero-order valence-electron chi connectivity index (χ0n) is 39.8. The van der Waals surface area contributed by atoms with Gasteiger partial charge in [-0.25, -0.2) is 9.97 Å². The van der Waals surface area contributed by atoms with Crippen molar-refractivity contribution in [3.8, 4) is 5.75 Å². The third kappa shape index (κ3) is 15.1. The van der Waals surface area contributed by atoms with Gasteiger partial charge in [0.2, 0.25) is 23.6 Å². The first-order valence-corrected chi connectivity index (χ1v) is 25.5. The van der Waals surface area contributed by atoms with Crippen molar-refractivity contribution in [2.45, 2.75) is 106 Å². The number of aromatic nitrogens is 2. The number of rotatable bonds is 26. The second-order valence-corrected chi connectivity index (χ2v) is 20.6. The van der Waals surface area contributed by atoms with E-state index >= 15 is 0 Å². The van der Waals surface area contributed by atoms with Gasteiger partial charge in [0.25, 0.3) is 11.8 Å². The lowest BCUT2D eigenvalue weighted by Gasteiger charge is -2.30. The molecule has 1 aliphatic carbocycles. The summed E-state index contributed by atoms with van der Waals surface area (Å²) in [5, 5.41) is 12.9. The van der Waals surface area contributed by atoms with E-state index < -0.39 is 29.7 Å². The maximum Gasteiger partial charge on any atom is 0.264 e. The smallest absolute Gasteiger partial charge is 0.264 e. The van der Waals surface area contributed by atoms with E-state index in [9.17, 15) is 24.0 Å². The Labute approximate surface area is 411 Å². The van der Waals surface area contributed by atoms with Crippen LogP contribution >= 0.6 is 23.1 Å². The molecule has 3 unspecified atom stereocenters. The molecule has 18 nitrogen and oxygen atoms in total. The summed E-state index contributed by atoms with van der Waals surface area (Å²) in [6, 6.07) is 11.8. The van der Waals surface area contributed by atoms with Crippen LogP contribution in [0.1, 0.15) is 105 Å². The summed E-state index contributed by atoms with van der Waals surface area (Å²) in [6.07, 6.45) is 9.12. The molecule has 3 aliphatic rings. The summed E-state index contributed by atoms with van der Waals surface area (Å²) >= 11 is 3.33. The topological polar surface area (TPSA) is 216 Å². The third-order valence-electron chi connectivity index (χ3n) is 11.8. The molecule has 7 rings (SSSR count). The lowest BCUT2D eigenvalue weighted by Crippen LogP contribution is -2.54. The Balaban J connectivity index is 0.677. The number of thiazole rings is 1. The number of carbonyl (C=O) groups excluding carboxylic acids is 5. The summed E-state index contributed by atoms with van der Waals surface area (Å²) in [5.41, 5.74) is 1.58. The number of thioether (sulfide) groups is 1. The fourth-order valence-corrected chi connectivity index (χ4v) is 9.95. The van der Waals surface area contributed by atoms with Crippen LogP contribution in [0.25, 0.3) is 0 Å². The van der Waals surface area contributed by atoms with Crippen LogP contribution in [0.15, 0.2) is 63.5 Å². The molecule has 2 aromatic heterocycles. The molecule has 2 aromatic carbocycles. The number of likely N-dealkylation sites (N-methyl/N-ethyl adjacent to an activating group) is 1. The molecule has 69 heavy (non-hydrogen) atoms. The second kappa shape index (κ2) is 25.0. The number of carbonyl (C=O) groups is 5. The zero-order chi connectivity index (χ0) is 48.8. The highest BCUT2D eigenvalue weighted by molar-refractivity contribution is 8.00. The molecule has 2 aliphatic heterocycles. The van der Waals surface area contributed by atoms with E-state index in [0.717, 1.165) is 82.5 Å². The van der Waals surface area contributed by atoms with Gasteiger partial charge in [-0.3, -0.25) is 34.2 Å². The quantitative estimate of drug-likeness (QED) is 0.0291. The minimum Gasteiger partial charge on any atom is -0.490 e. The molecule has 2 fully saturated rings. The van der Waals surface area contributed by atoms with Gasteiger partial charge in [-0.2, -0.15) is 0 Å². The van der Waals surface area contributed by atoms with Crippen molar-refractivity contribution in [3.63, 3.8) is 0 Å². The number of hydrogen-bond acceptors (Lipinski definition) is 17. The minimum absolute atomic E-state index is 0.0309. The Morgan fingerprint density at radius 1 is 0.928 bits per heavy atom. The molecule has 4 aromatic rings. The number of anilines is 3. The molecule has 3 atom stereocenters. The van der Waals surface area contributed by atoms with Gasteiger partial charge in [0.05, 0.1) is 73.1 Å². The molecule has 372 valence electrons. The molecule has 0 spiro atoms. The summed E-state index contributed by atoms with van der Waals surface area (Å²) in [7, 11) is 2.01. The molecule has 1 saturated carbocycles. The van der Waals surface area contributed by atoms with E-state index in [1.54, 1.807) is 41.3 Å². The number of amides is 5. The summed E-state index contributed by atoms with van der Waals surface area (Å²) in [6.45, 7) is 10.7. The van der Waals surface area contributed by atoms with Gasteiger partial charge in [0, 0.05) is 55.2 Å². The summed E-state index contributed by atoms with van der Waals surface area (Å²) in [5.74, 6) is 0.863. The van der Waals surface area contributed by atoms with E-state index in [4.69, 9.17) is 23.4 Å². The number of piperidine rings is 1. The van der Waals surface area contributed by atoms with Crippen molar-refractivity contribution >= 4 is 69.1 Å². The van der Waals surface area contributed by atoms with Crippen LogP contribution in [0.5, 0.6) is 5.75 Å². The standard InChI is InChI=1S/C49H64N8O10S2/c1-49(2,3)39-29-51-42(67-39)31-68-43-30-52-48(69-43)54-33-8-5-9-35(28-33)66-34-15-13-32(14-16-34)53-40(58)12-7-20-56(4)21-23-64-25-27-65-26-24-63-22-19-50-37-11-6-10-36-44(37)47(62)57(46(36)61)38-17-18-41(59)55-45(38)60/h6,10-11,13-16,29-30,33,35,38,50H,5,7-9,12,17-28,31H2,1-4H3,(H,52,54)(H,53,58)(H,55,59,60). The van der Waals surface area contributed by atoms with Gasteiger partial charge in [0.1, 0.15) is 23.7 Å². The second-order valence-electron chi connectivity index (χ2n) is 18.3. The van der Waals surface area contributed by atoms with Crippen molar-refractivity contribution in [2.24, 2.45) is 0 Å². The van der Waals surface area contributed by atoms with Gasteiger partial charge in [-0.05, 0) is 82.1 Å². The Kier molecular flexibility index (Phi) is 18.6. The van der Waals surface area contributed by atoms with Crippen molar-refractivity contribution in [2.75, 3.05) is 82.3 Å². The largest absolute Gasteiger partial charge is 0.490 e. The lowest BCUT2D eigenvalue weighted by atomic mass is 9.93. The van der Waals surface area contributed by atoms with Crippen LogP contribution < -0.4 is 26.0 Å². The van der Waals surface area contributed by atoms with Crippen molar-refractivity contribution in [1.29, 1.82) is 0 Å². The zero-order valence-corrected chi connectivity index (χ0v) is 41.5. The Morgan fingerprint density at radius 2 is 1.70 bits per heavy atom. The van der Waals surface area contributed by atoms with E-state index in [-0.39, 0.29) is 47.4 Å². The van der Waals surface area contributed by atoms with Gasteiger partial charge < -0.3 is 44.2 Å². The van der Waals surface area contributed by atoms with E-state index in [0.29, 0.717) is 64.0 Å². The number of benzene rings is 2. The van der Waals surface area contributed by atoms with E-state index in [1.807, 2.05) is 43.7 Å². The van der Waals surface area contributed by atoms with Crippen LogP contribution in [0.3, 0.4) is 0 Å². The average molecular weight is 989 g/mol. The molecule has 5 amide bonds. The number of imide groups is 2. The van der Waals surface area contributed by atoms with Gasteiger partial charge in [-0.1, -0.05) is 38.2 Å². The van der Waals surface area contributed by atoms with Gasteiger partial charge in [-0.15, -0.1) is 11.8 Å². The van der Waals surface area contributed by atoms with Crippen LogP contribution in [-0.4, -0.2) is 134 Å². The van der Waals surface area contributed by atoms with Crippen LogP contribution in [0.4, 0.5) is 16.5 Å². The monoisotopic (exact) mass is 988 g/mol. The first-order chi connectivity index (χ1) is 33.3. The maximum atomic E-state index is 13.2. The molecule has 4 heterocycles. The summed E-state index contributed by atoms with van der Waals surface area (Å²) < 4.78 is 30.4. The molecule has 1 saturated heterocycles. The average Bonchev–Trinajstić information content (AvgIpc) is 4.05. The molecular weight excluding hydrogens is 925 g/mol. The fourth-order valence-electron chi connectivity index (χ4n) is 8.14. The summed E-state index contributed by atoms with van der Waals surface area (Å²) in [4.78, 5) is 75.0. The van der Waals surface area contributed by atoms with Crippen LogP contribution in [-0.2, 0) is 39.8 Å². The highest BCUT2D eigenvalue weighted by atomic mass is 32.2. The predicted molar refractivity (Wildman–Crippen MR) is 263 cm³/mol. The van der Waals surface area contributed by atoms with Gasteiger partial charge in [0.15, 0.2) is 5.13 Å². The lowest BCUT2D eigenvalue weighted by molar-refractivity contribution is -0.136. The number of ether oxygens (including phenoxy) is 4. The number of hydrogen-bond donors (Lipinski definition) is 4. The molecular formula is C49H64N8O10S2.